The van der Waals surface area contributed by atoms with Gasteiger partial charge in [0, 0.05) is 6.04 Å². The van der Waals surface area contributed by atoms with Crippen LogP contribution in [0, 0.1) is 0 Å². The van der Waals surface area contributed by atoms with Crippen molar-refractivity contribution >= 4 is 0 Å². The lowest BCUT2D eigenvalue weighted by Crippen LogP contribution is -2.28. The van der Waals surface area contributed by atoms with E-state index in [1.165, 1.54) is 16.7 Å². The molecule has 1 atom stereocenters. The molecule has 0 saturated carbocycles. The van der Waals surface area contributed by atoms with Crippen LogP contribution >= 0.6 is 0 Å². The summed E-state index contributed by atoms with van der Waals surface area (Å²) in [4.78, 5) is 0. The van der Waals surface area contributed by atoms with Crippen LogP contribution in [0.1, 0.15) is 56.7 Å². The molecule has 0 aliphatic rings. The largest absolute Gasteiger partial charge is 0.395 e. The van der Waals surface area contributed by atoms with Gasteiger partial charge in [-0.3, -0.25) is 0 Å². The average Bonchev–Trinajstić information content (AvgIpc) is 2.35. The first-order chi connectivity index (χ1) is 9.24. The van der Waals surface area contributed by atoms with Gasteiger partial charge in [0.1, 0.15) is 0 Å². The van der Waals surface area contributed by atoms with Gasteiger partial charge < -0.3 is 15.9 Å². The molecular formula is C17H29NO2. The van der Waals surface area contributed by atoms with E-state index in [9.17, 15) is 10.2 Å². The molecule has 0 spiro atoms. The summed E-state index contributed by atoms with van der Waals surface area (Å²) >= 11 is 0. The first-order valence-electron chi connectivity index (χ1n) is 7.44. The summed E-state index contributed by atoms with van der Waals surface area (Å²) in [5, 5.41) is 19.1. The number of benzene rings is 1. The van der Waals surface area contributed by atoms with Gasteiger partial charge >= 0.3 is 0 Å². The molecule has 1 unspecified atom stereocenters. The van der Waals surface area contributed by atoms with E-state index in [0.29, 0.717) is 12.3 Å². The number of nitrogens with two attached hydrogens (primary N) is 1. The predicted octanol–water partition coefficient (Wildman–Crippen LogP) is 2.38. The second-order valence-corrected chi connectivity index (χ2v) is 6.60. The number of aliphatic hydroxyl groups excluding tert-OH is 1. The topological polar surface area (TPSA) is 66.5 Å². The zero-order valence-corrected chi connectivity index (χ0v) is 13.2. The molecule has 4 N–H and O–H groups in total. The van der Waals surface area contributed by atoms with Crippen molar-refractivity contribution in [3.8, 4) is 0 Å². The summed E-state index contributed by atoms with van der Waals surface area (Å²) in [5.41, 5.74) is 9.04. The molecule has 0 radical (unpaired) electrons. The second-order valence-electron chi connectivity index (χ2n) is 6.60. The maximum Gasteiger partial charge on any atom is 0.0594 e. The molecule has 3 nitrogen and oxygen atoms in total. The van der Waals surface area contributed by atoms with Gasteiger partial charge in [-0.05, 0) is 55.7 Å². The van der Waals surface area contributed by atoms with Crippen LogP contribution < -0.4 is 5.73 Å². The third-order valence-corrected chi connectivity index (χ3v) is 3.64. The third-order valence-electron chi connectivity index (χ3n) is 3.64. The van der Waals surface area contributed by atoms with Gasteiger partial charge in [0.2, 0.25) is 0 Å². The predicted molar refractivity (Wildman–Crippen MR) is 83.9 cm³/mol. The first-order valence-corrected chi connectivity index (χ1v) is 7.44. The van der Waals surface area contributed by atoms with E-state index in [2.05, 4.69) is 32.0 Å². The molecule has 20 heavy (non-hydrogen) atoms. The minimum absolute atomic E-state index is 0.00262. The Balaban J connectivity index is 3.05. The van der Waals surface area contributed by atoms with Crippen LogP contribution in [0.25, 0.3) is 0 Å². The fourth-order valence-corrected chi connectivity index (χ4v) is 2.45. The summed E-state index contributed by atoms with van der Waals surface area (Å²) in [6, 6.07) is 6.09. The van der Waals surface area contributed by atoms with Crippen molar-refractivity contribution in [1.82, 2.24) is 0 Å². The Kier molecular flexibility index (Phi) is 6.18. The quantitative estimate of drug-likeness (QED) is 0.718. The summed E-state index contributed by atoms with van der Waals surface area (Å²) < 4.78 is 0. The maximum atomic E-state index is 9.91. The zero-order valence-electron chi connectivity index (χ0n) is 13.2. The fraction of sp³-hybridized carbons (Fsp3) is 0.647. The Hall–Kier alpha value is -0.900. The van der Waals surface area contributed by atoms with Crippen molar-refractivity contribution in [1.29, 1.82) is 0 Å². The lowest BCUT2D eigenvalue weighted by atomic mass is 9.86. The fourth-order valence-electron chi connectivity index (χ4n) is 2.45. The number of aryl methyl sites for hydroxylation is 1. The Labute approximate surface area is 122 Å². The highest BCUT2D eigenvalue weighted by atomic mass is 16.3. The second kappa shape index (κ2) is 7.21. The van der Waals surface area contributed by atoms with E-state index in [0.717, 1.165) is 12.8 Å². The van der Waals surface area contributed by atoms with Gasteiger partial charge in [-0.25, -0.2) is 0 Å². The molecule has 0 saturated heterocycles. The Morgan fingerprint density at radius 1 is 1.25 bits per heavy atom. The van der Waals surface area contributed by atoms with Gasteiger partial charge in [-0.15, -0.1) is 0 Å². The maximum absolute atomic E-state index is 9.91. The number of hydrogen-bond acceptors (Lipinski definition) is 3. The monoisotopic (exact) mass is 279 g/mol. The van der Waals surface area contributed by atoms with Gasteiger partial charge in [0.05, 0.1) is 12.2 Å². The van der Waals surface area contributed by atoms with E-state index >= 15 is 0 Å². The third kappa shape index (κ3) is 5.23. The van der Waals surface area contributed by atoms with E-state index in [1.54, 1.807) is 0 Å². The minimum atomic E-state index is -0.662. The van der Waals surface area contributed by atoms with E-state index in [-0.39, 0.29) is 12.6 Å². The van der Waals surface area contributed by atoms with E-state index in [1.807, 2.05) is 13.8 Å². The number of rotatable bonds is 7. The SMILES string of the molecule is CC(C)c1cccc(CCC(C)(C)O)c1CC(N)CO. The molecule has 0 aliphatic heterocycles. The number of aliphatic hydroxyl groups is 2. The Morgan fingerprint density at radius 2 is 1.90 bits per heavy atom. The van der Waals surface area contributed by atoms with E-state index < -0.39 is 5.60 Å². The van der Waals surface area contributed by atoms with Crippen molar-refractivity contribution in [2.75, 3.05) is 6.61 Å². The standard InChI is InChI=1S/C17H29NO2/c1-12(2)15-7-5-6-13(8-9-17(3,4)20)16(15)10-14(18)11-19/h5-7,12,14,19-20H,8-11,18H2,1-4H3. The van der Waals surface area contributed by atoms with Gasteiger partial charge in [-0.2, -0.15) is 0 Å². The summed E-state index contributed by atoms with van der Waals surface area (Å²) in [6.07, 6.45) is 2.24. The van der Waals surface area contributed by atoms with Crippen LogP contribution in [0.2, 0.25) is 0 Å². The minimum Gasteiger partial charge on any atom is -0.395 e. The van der Waals surface area contributed by atoms with Crippen molar-refractivity contribution in [3.05, 3.63) is 34.9 Å². The average molecular weight is 279 g/mol. The van der Waals surface area contributed by atoms with Crippen LogP contribution in [-0.4, -0.2) is 28.5 Å². The molecule has 0 heterocycles. The van der Waals surface area contributed by atoms with Crippen molar-refractivity contribution in [3.63, 3.8) is 0 Å². The summed E-state index contributed by atoms with van der Waals surface area (Å²) in [5.74, 6) is 0.429. The molecule has 1 rings (SSSR count). The zero-order chi connectivity index (χ0) is 15.3. The van der Waals surface area contributed by atoms with Crippen molar-refractivity contribution < 1.29 is 10.2 Å². The number of hydrogen-bond donors (Lipinski definition) is 3. The molecule has 1 aromatic carbocycles. The highest BCUT2D eigenvalue weighted by Gasteiger charge is 2.17. The van der Waals surface area contributed by atoms with Crippen LogP contribution in [0.3, 0.4) is 0 Å². The lowest BCUT2D eigenvalue weighted by molar-refractivity contribution is 0.0713. The van der Waals surface area contributed by atoms with Crippen LogP contribution in [0.5, 0.6) is 0 Å². The van der Waals surface area contributed by atoms with Crippen LogP contribution in [0.4, 0.5) is 0 Å². The van der Waals surface area contributed by atoms with Gasteiger partial charge in [0.25, 0.3) is 0 Å². The highest BCUT2D eigenvalue weighted by Crippen LogP contribution is 2.26. The van der Waals surface area contributed by atoms with Crippen molar-refractivity contribution in [2.24, 2.45) is 5.73 Å². The molecule has 0 aromatic heterocycles. The smallest absolute Gasteiger partial charge is 0.0594 e. The van der Waals surface area contributed by atoms with Crippen LogP contribution in [0.15, 0.2) is 18.2 Å². The van der Waals surface area contributed by atoms with E-state index in [4.69, 9.17) is 5.73 Å². The molecule has 1 aromatic rings. The normalized spacial score (nSPS) is 13.8. The first kappa shape index (κ1) is 17.2. The molecule has 3 heteroatoms. The van der Waals surface area contributed by atoms with Gasteiger partial charge in [-0.1, -0.05) is 32.0 Å². The van der Waals surface area contributed by atoms with Crippen LogP contribution in [-0.2, 0) is 12.8 Å². The molecule has 0 fully saturated rings. The molecular weight excluding hydrogens is 250 g/mol. The van der Waals surface area contributed by atoms with Gasteiger partial charge in [0.15, 0.2) is 0 Å². The molecule has 0 aliphatic carbocycles. The Morgan fingerprint density at radius 3 is 2.40 bits per heavy atom. The van der Waals surface area contributed by atoms with Crippen molar-refractivity contribution in [2.45, 2.75) is 64.5 Å². The molecule has 0 amide bonds. The molecule has 114 valence electrons. The lowest BCUT2D eigenvalue weighted by Gasteiger charge is -2.22. The summed E-state index contributed by atoms with van der Waals surface area (Å²) in [6.45, 7) is 8.00. The molecule has 0 bridgehead atoms. The summed E-state index contributed by atoms with van der Waals surface area (Å²) in [7, 11) is 0. The Bertz CT molecular complexity index is 421. The highest BCUT2D eigenvalue weighted by molar-refractivity contribution is 5.38.